The van der Waals surface area contributed by atoms with Crippen LogP contribution in [-0.2, 0) is 16.1 Å². The van der Waals surface area contributed by atoms with E-state index in [0.717, 1.165) is 11.1 Å². The van der Waals surface area contributed by atoms with Gasteiger partial charge < -0.3 is 15.1 Å². The lowest BCUT2D eigenvalue weighted by atomic mass is 9.88. The van der Waals surface area contributed by atoms with Gasteiger partial charge in [0.15, 0.2) is 0 Å². The molecule has 3 aromatic rings. The third-order valence-electron chi connectivity index (χ3n) is 4.58. The van der Waals surface area contributed by atoms with Crippen LogP contribution in [0.2, 0.25) is 0 Å². The van der Waals surface area contributed by atoms with Gasteiger partial charge in [-0.25, -0.2) is 0 Å². The first-order valence-corrected chi connectivity index (χ1v) is 9.33. The first-order valence-electron chi connectivity index (χ1n) is 9.33. The minimum atomic E-state index is -0.630. The summed E-state index contributed by atoms with van der Waals surface area (Å²) in [7, 11) is 0. The van der Waals surface area contributed by atoms with Crippen LogP contribution in [0.25, 0.3) is 0 Å². The lowest BCUT2D eigenvalue weighted by Crippen LogP contribution is -2.44. The maximum atomic E-state index is 12.6. The van der Waals surface area contributed by atoms with E-state index in [1.807, 2.05) is 60.7 Å². The number of nitrogens with one attached hydrogen (secondary N) is 2. The van der Waals surface area contributed by atoms with Crippen LogP contribution in [0.15, 0.2) is 83.5 Å². The predicted octanol–water partition coefficient (Wildman–Crippen LogP) is 3.62. The van der Waals surface area contributed by atoms with Crippen molar-refractivity contribution in [3.8, 4) is 0 Å². The van der Waals surface area contributed by atoms with Gasteiger partial charge in [0, 0.05) is 12.3 Å². The monoisotopic (exact) mass is 376 g/mol. The Hall–Kier alpha value is -3.34. The molecule has 3 rings (SSSR count). The van der Waals surface area contributed by atoms with Crippen molar-refractivity contribution in [1.82, 2.24) is 10.6 Å². The summed E-state index contributed by atoms with van der Waals surface area (Å²) >= 11 is 0. The molecule has 0 bridgehead atoms. The smallest absolute Gasteiger partial charge is 0.242 e. The summed E-state index contributed by atoms with van der Waals surface area (Å²) in [4.78, 5) is 24.9. The molecule has 144 valence electrons. The second-order valence-corrected chi connectivity index (χ2v) is 6.66. The Kier molecular flexibility index (Phi) is 6.63. The number of rotatable bonds is 8. The molecule has 0 aliphatic heterocycles. The van der Waals surface area contributed by atoms with Crippen LogP contribution in [-0.4, -0.2) is 17.9 Å². The van der Waals surface area contributed by atoms with Crippen LogP contribution in [0.5, 0.6) is 0 Å². The van der Waals surface area contributed by atoms with Crippen LogP contribution >= 0.6 is 0 Å². The summed E-state index contributed by atoms with van der Waals surface area (Å²) in [6.45, 7) is 1.97. The summed E-state index contributed by atoms with van der Waals surface area (Å²) in [5.74, 6) is 0.181. The highest BCUT2D eigenvalue weighted by atomic mass is 16.3. The van der Waals surface area contributed by atoms with Crippen molar-refractivity contribution < 1.29 is 14.0 Å². The second-order valence-electron chi connectivity index (χ2n) is 6.66. The van der Waals surface area contributed by atoms with E-state index in [2.05, 4.69) is 10.6 Å². The van der Waals surface area contributed by atoms with Crippen LogP contribution in [0.4, 0.5) is 0 Å². The summed E-state index contributed by atoms with van der Waals surface area (Å²) in [5, 5.41) is 5.56. The van der Waals surface area contributed by atoms with Crippen LogP contribution in [0, 0.1) is 0 Å². The molecule has 0 radical (unpaired) electrons. The van der Waals surface area contributed by atoms with Crippen molar-refractivity contribution in [2.45, 2.75) is 31.8 Å². The highest BCUT2D eigenvalue weighted by Gasteiger charge is 2.21. The molecule has 5 nitrogen and oxygen atoms in total. The zero-order valence-electron chi connectivity index (χ0n) is 15.8. The van der Waals surface area contributed by atoms with E-state index in [4.69, 9.17) is 4.42 Å². The van der Waals surface area contributed by atoms with Gasteiger partial charge in [0.25, 0.3) is 0 Å². The second kappa shape index (κ2) is 9.55. The lowest BCUT2D eigenvalue weighted by Gasteiger charge is -2.19. The number of hydrogen-bond donors (Lipinski definition) is 2. The highest BCUT2D eigenvalue weighted by molar-refractivity contribution is 5.87. The molecule has 0 saturated heterocycles. The number of furan rings is 1. The topological polar surface area (TPSA) is 71.3 Å². The molecule has 0 fully saturated rings. The maximum Gasteiger partial charge on any atom is 0.242 e. The summed E-state index contributed by atoms with van der Waals surface area (Å²) in [6, 6.07) is 22.8. The summed E-state index contributed by atoms with van der Waals surface area (Å²) < 4.78 is 5.19. The fourth-order valence-electron chi connectivity index (χ4n) is 3.09. The van der Waals surface area contributed by atoms with Crippen LogP contribution < -0.4 is 10.6 Å². The molecule has 2 N–H and O–H groups in total. The quantitative estimate of drug-likeness (QED) is 0.631. The zero-order chi connectivity index (χ0) is 19.8. The fourth-order valence-corrected chi connectivity index (χ4v) is 3.09. The Morgan fingerprint density at radius 2 is 1.50 bits per heavy atom. The normalized spacial score (nSPS) is 11.8. The number of carbonyl (C=O) groups is 2. The Balaban J connectivity index is 1.61. The Morgan fingerprint density at radius 3 is 2.04 bits per heavy atom. The molecule has 1 heterocycles. The average molecular weight is 376 g/mol. The summed E-state index contributed by atoms with van der Waals surface area (Å²) in [6.07, 6.45) is 1.82. The van der Waals surface area contributed by atoms with E-state index in [-0.39, 0.29) is 24.2 Å². The first-order chi connectivity index (χ1) is 13.6. The molecule has 0 aliphatic rings. The van der Waals surface area contributed by atoms with Crippen molar-refractivity contribution in [2.75, 3.05) is 0 Å². The Bertz CT molecular complexity index is 837. The molecule has 0 unspecified atom stereocenters. The van der Waals surface area contributed by atoms with E-state index >= 15 is 0 Å². The van der Waals surface area contributed by atoms with E-state index in [0.29, 0.717) is 12.3 Å². The zero-order valence-corrected chi connectivity index (χ0v) is 15.8. The van der Waals surface area contributed by atoms with Gasteiger partial charge in [0.1, 0.15) is 11.8 Å². The molecule has 2 amide bonds. The Labute approximate surface area is 164 Å². The minimum absolute atomic E-state index is 0.0687. The van der Waals surface area contributed by atoms with Gasteiger partial charge in [-0.1, -0.05) is 60.7 Å². The molecule has 1 atom stereocenters. The number of carbonyl (C=O) groups excluding carboxylic acids is 2. The van der Waals surface area contributed by atoms with Gasteiger partial charge >= 0.3 is 0 Å². The molecule has 5 heteroatoms. The van der Waals surface area contributed by atoms with Gasteiger partial charge in [-0.3, -0.25) is 9.59 Å². The standard InChI is InChI=1S/C23H24N2O3/c1-17(23(27)24-16-20-13-8-14-28-20)25-22(26)15-21(18-9-4-2-5-10-18)19-11-6-3-7-12-19/h2-14,17,21H,15-16H2,1H3,(H,24,27)(H,25,26)/t17-/m0/s1. The molecule has 0 aliphatic carbocycles. The molecule has 28 heavy (non-hydrogen) atoms. The predicted molar refractivity (Wildman–Crippen MR) is 108 cm³/mol. The third-order valence-corrected chi connectivity index (χ3v) is 4.58. The number of amides is 2. The van der Waals surface area contributed by atoms with E-state index in [1.54, 1.807) is 25.3 Å². The van der Waals surface area contributed by atoms with E-state index in [1.165, 1.54) is 0 Å². The molecule has 2 aromatic carbocycles. The van der Waals surface area contributed by atoms with Gasteiger partial charge in [-0.15, -0.1) is 0 Å². The van der Waals surface area contributed by atoms with E-state index < -0.39 is 6.04 Å². The van der Waals surface area contributed by atoms with Crippen LogP contribution in [0.1, 0.15) is 36.1 Å². The van der Waals surface area contributed by atoms with Gasteiger partial charge in [0.05, 0.1) is 12.8 Å². The van der Waals surface area contributed by atoms with Crippen molar-refractivity contribution in [3.63, 3.8) is 0 Å². The molecular formula is C23H24N2O3. The van der Waals surface area contributed by atoms with Gasteiger partial charge in [-0.2, -0.15) is 0 Å². The summed E-state index contributed by atoms with van der Waals surface area (Å²) in [5.41, 5.74) is 2.14. The van der Waals surface area contributed by atoms with E-state index in [9.17, 15) is 9.59 Å². The van der Waals surface area contributed by atoms with Crippen LogP contribution in [0.3, 0.4) is 0 Å². The SMILES string of the molecule is C[C@H](NC(=O)CC(c1ccccc1)c1ccccc1)C(=O)NCc1ccco1. The van der Waals surface area contributed by atoms with Crippen molar-refractivity contribution in [2.24, 2.45) is 0 Å². The minimum Gasteiger partial charge on any atom is -0.467 e. The molecule has 0 spiro atoms. The maximum absolute atomic E-state index is 12.6. The third kappa shape index (κ3) is 5.33. The van der Waals surface area contributed by atoms with Crippen molar-refractivity contribution >= 4 is 11.8 Å². The molecule has 1 aromatic heterocycles. The molecule has 0 saturated carbocycles. The first kappa shape index (κ1) is 19.4. The largest absolute Gasteiger partial charge is 0.467 e. The van der Waals surface area contributed by atoms with Gasteiger partial charge in [-0.05, 0) is 30.2 Å². The van der Waals surface area contributed by atoms with Gasteiger partial charge in [0.2, 0.25) is 11.8 Å². The van der Waals surface area contributed by atoms with Crippen molar-refractivity contribution in [3.05, 3.63) is 95.9 Å². The highest BCUT2D eigenvalue weighted by Crippen LogP contribution is 2.27. The molecular weight excluding hydrogens is 352 g/mol. The number of benzene rings is 2. The fraction of sp³-hybridized carbons (Fsp3) is 0.217. The Morgan fingerprint density at radius 1 is 0.893 bits per heavy atom. The van der Waals surface area contributed by atoms with Crippen molar-refractivity contribution in [1.29, 1.82) is 0 Å². The lowest BCUT2D eigenvalue weighted by molar-refractivity contribution is -0.128. The number of hydrogen-bond acceptors (Lipinski definition) is 3. The average Bonchev–Trinajstić information content (AvgIpc) is 3.25.